The third kappa shape index (κ3) is 5.73. The van der Waals surface area contributed by atoms with Crippen molar-refractivity contribution in [1.29, 1.82) is 0 Å². The Morgan fingerprint density at radius 1 is 0.286 bits per heavy atom. The SMILES string of the molecule is c1ccc(-c2ccc(-c3nc(-c4ccccc4)nc(-c4ccc5c(c4)sc4ccc(-c6nc(-c7ccccc7)nc7c6sc6ccccc67)cc45)n3)cc2)cc1. The maximum Gasteiger partial charge on any atom is 0.164 e. The van der Waals surface area contributed by atoms with Crippen LogP contribution in [0, 0.1) is 0 Å². The molecule has 0 unspecified atom stereocenters. The van der Waals surface area contributed by atoms with Gasteiger partial charge in [0, 0.05) is 58.1 Å². The first-order valence-electron chi connectivity index (χ1n) is 18.4. The van der Waals surface area contributed by atoms with Crippen LogP contribution in [0.4, 0.5) is 0 Å². The largest absolute Gasteiger partial charge is 0.226 e. The third-order valence-electron chi connectivity index (χ3n) is 10.2. The molecule has 0 amide bonds. The Morgan fingerprint density at radius 2 is 0.786 bits per heavy atom. The summed E-state index contributed by atoms with van der Waals surface area (Å²) in [6, 6.07) is 61.0. The van der Waals surface area contributed by atoms with Crippen molar-refractivity contribution in [1.82, 2.24) is 24.9 Å². The first-order chi connectivity index (χ1) is 27.7. The Morgan fingerprint density at radius 3 is 1.48 bits per heavy atom. The van der Waals surface area contributed by atoms with Crippen LogP contribution in [-0.2, 0) is 0 Å². The molecule has 0 N–H and O–H groups in total. The average molecular weight is 752 g/mol. The minimum Gasteiger partial charge on any atom is -0.226 e. The van der Waals surface area contributed by atoms with Crippen LogP contribution in [0.2, 0.25) is 0 Å². The van der Waals surface area contributed by atoms with E-state index in [1.165, 1.54) is 30.4 Å². The molecule has 4 heterocycles. The van der Waals surface area contributed by atoms with E-state index in [2.05, 4.69) is 121 Å². The van der Waals surface area contributed by atoms with Crippen LogP contribution in [-0.4, -0.2) is 24.9 Å². The maximum atomic E-state index is 5.23. The predicted octanol–water partition coefficient (Wildman–Crippen LogP) is 13.4. The Labute approximate surface area is 330 Å². The monoisotopic (exact) mass is 751 g/mol. The standard InChI is InChI=1S/C49H29N5S2/c1-4-12-30(13-5-1)31-20-22-34(23-21-31)48-52-47(33-16-8-3-9-17-33)53-49(54-48)36-24-26-37-39-28-35(25-27-41(39)55-42(37)29-36)43-45-44(38-18-10-11-19-40(38)56-45)51-46(50-43)32-14-6-2-7-15-32/h1-29H. The smallest absolute Gasteiger partial charge is 0.164 e. The van der Waals surface area contributed by atoms with E-state index in [0.717, 1.165) is 60.5 Å². The topological polar surface area (TPSA) is 64.5 Å². The Hall–Kier alpha value is -6.93. The van der Waals surface area contributed by atoms with Gasteiger partial charge in [-0.2, -0.15) is 0 Å². The lowest BCUT2D eigenvalue weighted by molar-refractivity contribution is 1.07. The number of rotatable bonds is 6. The number of benzene rings is 7. The van der Waals surface area contributed by atoms with Gasteiger partial charge in [0.25, 0.3) is 0 Å². The molecule has 0 fully saturated rings. The number of nitrogens with zero attached hydrogens (tertiary/aromatic N) is 5. The molecule has 7 heteroatoms. The van der Waals surface area contributed by atoms with Gasteiger partial charge in [0.1, 0.15) is 0 Å². The van der Waals surface area contributed by atoms with Crippen LogP contribution in [0.3, 0.4) is 0 Å². The number of hydrogen-bond donors (Lipinski definition) is 0. The van der Waals surface area contributed by atoms with E-state index < -0.39 is 0 Å². The summed E-state index contributed by atoms with van der Waals surface area (Å²) in [7, 11) is 0. The highest BCUT2D eigenvalue weighted by Gasteiger charge is 2.19. The second kappa shape index (κ2) is 13.4. The van der Waals surface area contributed by atoms with Gasteiger partial charge < -0.3 is 0 Å². The Bertz CT molecular complexity index is 3230. The zero-order valence-electron chi connectivity index (χ0n) is 29.8. The van der Waals surface area contributed by atoms with Gasteiger partial charge in [-0.25, -0.2) is 24.9 Å². The lowest BCUT2D eigenvalue weighted by atomic mass is 10.0. The van der Waals surface area contributed by atoms with Crippen LogP contribution in [0.1, 0.15) is 0 Å². The van der Waals surface area contributed by atoms with E-state index in [0.29, 0.717) is 17.5 Å². The molecule has 56 heavy (non-hydrogen) atoms. The van der Waals surface area contributed by atoms with Crippen molar-refractivity contribution >= 4 is 63.1 Å². The lowest BCUT2D eigenvalue weighted by Crippen LogP contribution is -2.00. The normalized spacial score (nSPS) is 11.6. The van der Waals surface area contributed by atoms with E-state index >= 15 is 0 Å². The molecule has 11 rings (SSSR count). The summed E-state index contributed by atoms with van der Waals surface area (Å²) in [5.41, 5.74) is 9.18. The second-order valence-corrected chi connectivity index (χ2v) is 15.8. The highest BCUT2D eigenvalue weighted by molar-refractivity contribution is 7.26. The quantitative estimate of drug-likeness (QED) is 0.169. The molecule has 0 aliphatic carbocycles. The molecule has 0 aliphatic rings. The van der Waals surface area contributed by atoms with Crippen molar-refractivity contribution < 1.29 is 0 Å². The van der Waals surface area contributed by atoms with E-state index in [1.807, 2.05) is 54.6 Å². The van der Waals surface area contributed by atoms with Crippen LogP contribution in [0.25, 0.3) is 108 Å². The summed E-state index contributed by atoms with van der Waals surface area (Å²) in [5.74, 6) is 2.66. The molecule has 0 aliphatic heterocycles. The fourth-order valence-corrected chi connectivity index (χ4v) is 9.64. The molecule has 0 radical (unpaired) electrons. The minimum absolute atomic E-state index is 0.641. The fourth-order valence-electron chi connectivity index (χ4n) is 7.36. The second-order valence-electron chi connectivity index (χ2n) is 13.7. The molecule has 0 saturated carbocycles. The molecule has 4 aromatic heterocycles. The van der Waals surface area contributed by atoms with Gasteiger partial charge in [-0.05, 0) is 35.4 Å². The van der Waals surface area contributed by atoms with Crippen LogP contribution in [0.15, 0.2) is 176 Å². The van der Waals surface area contributed by atoms with Gasteiger partial charge in [0.2, 0.25) is 0 Å². The van der Waals surface area contributed by atoms with Crippen molar-refractivity contribution in [3.63, 3.8) is 0 Å². The van der Waals surface area contributed by atoms with Crippen LogP contribution >= 0.6 is 22.7 Å². The summed E-state index contributed by atoms with van der Waals surface area (Å²) >= 11 is 3.54. The van der Waals surface area contributed by atoms with E-state index in [9.17, 15) is 0 Å². The van der Waals surface area contributed by atoms with Gasteiger partial charge in [-0.1, -0.05) is 152 Å². The van der Waals surface area contributed by atoms with Crippen molar-refractivity contribution in [3.05, 3.63) is 176 Å². The van der Waals surface area contributed by atoms with E-state index in [4.69, 9.17) is 24.9 Å². The average Bonchev–Trinajstić information content (AvgIpc) is 3.84. The van der Waals surface area contributed by atoms with Crippen molar-refractivity contribution in [2.24, 2.45) is 0 Å². The fraction of sp³-hybridized carbons (Fsp3) is 0. The lowest BCUT2D eigenvalue weighted by Gasteiger charge is -2.09. The van der Waals surface area contributed by atoms with Gasteiger partial charge >= 0.3 is 0 Å². The molecule has 11 aromatic rings. The summed E-state index contributed by atoms with van der Waals surface area (Å²) in [4.78, 5) is 25.4. The molecule has 0 bridgehead atoms. The number of fused-ring (bicyclic) bond motifs is 6. The van der Waals surface area contributed by atoms with Gasteiger partial charge in [0.05, 0.1) is 15.9 Å². The molecule has 7 aromatic carbocycles. The van der Waals surface area contributed by atoms with Crippen molar-refractivity contribution in [2.75, 3.05) is 0 Å². The maximum absolute atomic E-state index is 5.23. The highest BCUT2D eigenvalue weighted by atomic mass is 32.1. The third-order valence-corrected chi connectivity index (χ3v) is 12.5. The van der Waals surface area contributed by atoms with Crippen LogP contribution in [0.5, 0.6) is 0 Å². The molecule has 0 spiro atoms. The zero-order chi connectivity index (χ0) is 37.0. The van der Waals surface area contributed by atoms with Gasteiger partial charge in [-0.15, -0.1) is 22.7 Å². The molecular formula is C49H29N5S2. The minimum atomic E-state index is 0.641. The Balaban J connectivity index is 1.02. The van der Waals surface area contributed by atoms with Crippen molar-refractivity contribution in [3.8, 4) is 67.9 Å². The van der Waals surface area contributed by atoms with Gasteiger partial charge in [-0.3, -0.25) is 0 Å². The molecule has 262 valence electrons. The summed E-state index contributed by atoms with van der Waals surface area (Å²) in [6.07, 6.45) is 0. The molecular weight excluding hydrogens is 723 g/mol. The predicted molar refractivity (Wildman–Crippen MR) is 234 cm³/mol. The zero-order valence-corrected chi connectivity index (χ0v) is 31.4. The first-order valence-corrected chi connectivity index (χ1v) is 20.0. The summed E-state index contributed by atoms with van der Waals surface area (Å²) < 4.78 is 4.69. The number of hydrogen-bond acceptors (Lipinski definition) is 7. The van der Waals surface area contributed by atoms with Crippen LogP contribution < -0.4 is 0 Å². The summed E-state index contributed by atoms with van der Waals surface area (Å²) in [6.45, 7) is 0. The van der Waals surface area contributed by atoms with Gasteiger partial charge in [0.15, 0.2) is 23.3 Å². The first kappa shape index (κ1) is 32.5. The highest BCUT2D eigenvalue weighted by Crippen LogP contribution is 2.42. The number of thiophene rings is 2. The molecule has 5 nitrogen and oxygen atoms in total. The molecule has 0 saturated heterocycles. The van der Waals surface area contributed by atoms with E-state index in [1.54, 1.807) is 22.7 Å². The summed E-state index contributed by atoms with van der Waals surface area (Å²) in [5, 5.41) is 3.54. The van der Waals surface area contributed by atoms with E-state index in [-0.39, 0.29) is 0 Å². The Kier molecular flexibility index (Phi) is 7.79. The number of aromatic nitrogens is 5. The molecule has 0 atom stereocenters. The van der Waals surface area contributed by atoms with Crippen molar-refractivity contribution in [2.45, 2.75) is 0 Å².